The number of nitrogen functional groups attached to an aromatic ring is 1. The molecular weight excluding hydrogens is 260 g/mol. The Hall–Kier alpha value is -2.01. The van der Waals surface area contributed by atoms with Gasteiger partial charge in [0.15, 0.2) is 0 Å². The normalized spacial score (nSPS) is 10.2. The van der Waals surface area contributed by atoms with E-state index in [0.717, 1.165) is 5.56 Å². The lowest BCUT2D eigenvalue weighted by Gasteiger charge is -2.08. The van der Waals surface area contributed by atoms with Crippen LogP contribution in [0.25, 0.3) is 0 Å². The predicted molar refractivity (Wildman–Crippen MR) is 77.6 cm³/mol. The average Bonchev–Trinajstić information content (AvgIpc) is 2.81. The molecule has 0 bridgehead atoms. The number of carbonyl (C=O) groups is 1. The zero-order valence-corrected chi connectivity index (χ0v) is 11.7. The standard InChI is InChI=1S/C14H16N2O2S/c1-9-7-19-8-11(9)6-16-14(17)10-3-4-13(18-2)12(15)5-10/h3-5,7-8H,6,15H2,1-2H3,(H,16,17). The third kappa shape index (κ3) is 3.06. The summed E-state index contributed by atoms with van der Waals surface area (Å²) in [6.07, 6.45) is 0. The van der Waals surface area contributed by atoms with Crippen molar-refractivity contribution in [3.05, 3.63) is 45.6 Å². The van der Waals surface area contributed by atoms with Crippen LogP contribution in [0.15, 0.2) is 29.0 Å². The first kappa shape index (κ1) is 13.4. The summed E-state index contributed by atoms with van der Waals surface area (Å²) in [5.74, 6) is 0.435. The molecule has 0 fully saturated rings. The van der Waals surface area contributed by atoms with E-state index in [0.29, 0.717) is 23.5 Å². The molecule has 100 valence electrons. The Labute approximate surface area is 116 Å². The van der Waals surface area contributed by atoms with Crippen LogP contribution in [-0.2, 0) is 6.54 Å². The van der Waals surface area contributed by atoms with Crippen molar-refractivity contribution < 1.29 is 9.53 Å². The van der Waals surface area contributed by atoms with E-state index in [4.69, 9.17) is 10.5 Å². The number of benzene rings is 1. The quantitative estimate of drug-likeness (QED) is 0.844. The lowest BCUT2D eigenvalue weighted by Crippen LogP contribution is -2.23. The molecule has 4 nitrogen and oxygen atoms in total. The number of anilines is 1. The van der Waals surface area contributed by atoms with Gasteiger partial charge in [-0.25, -0.2) is 0 Å². The van der Waals surface area contributed by atoms with E-state index in [1.165, 1.54) is 5.56 Å². The molecule has 0 saturated heterocycles. The highest BCUT2D eigenvalue weighted by Crippen LogP contribution is 2.22. The Bertz CT molecular complexity index is 593. The van der Waals surface area contributed by atoms with E-state index in [1.54, 1.807) is 36.6 Å². The minimum absolute atomic E-state index is 0.139. The maximum Gasteiger partial charge on any atom is 0.251 e. The molecule has 0 saturated carbocycles. The fourth-order valence-electron chi connectivity index (χ4n) is 1.72. The van der Waals surface area contributed by atoms with Crippen LogP contribution in [0, 0.1) is 6.92 Å². The molecule has 5 heteroatoms. The number of methoxy groups -OCH3 is 1. The molecule has 0 atom stereocenters. The average molecular weight is 276 g/mol. The highest BCUT2D eigenvalue weighted by atomic mass is 32.1. The highest BCUT2D eigenvalue weighted by molar-refractivity contribution is 7.08. The second-order valence-electron chi connectivity index (χ2n) is 4.22. The summed E-state index contributed by atoms with van der Waals surface area (Å²) in [4.78, 5) is 12.0. The van der Waals surface area contributed by atoms with Gasteiger partial charge < -0.3 is 15.8 Å². The van der Waals surface area contributed by atoms with Gasteiger partial charge in [0, 0.05) is 12.1 Å². The summed E-state index contributed by atoms with van der Waals surface area (Å²) in [6, 6.07) is 5.01. The van der Waals surface area contributed by atoms with Crippen LogP contribution in [0.4, 0.5) is 5.69 Å². The summed E-state index contributed by atoms with van der Waals surface area (Å²) in [7, 11) is 1.55. The minimum atomic E-state index is -0.139. The van der Waals surface area contributed by atoms with Crippen LogP contribution in [0.1, 0.15) is 21.5 Å². The third-order valence-electron chi connectivity index (χ3n) is 2.89. The van der Waals surface area contributed by atoms with E-state index in [9.17, 15) is 4.79 Å². The molecule has 1 amide bonds. The van der Waals surface area contributed by atoms with Gasteiger partial charge in [0.25, 0.3) is 5.91 Å². The number of carbonyl (C=O) groups excluding carboxylic acids is 1. The highest BCUT2D eigenvalue weighted by Gasteiger charge is 2.09. The molecule has 0 radical (unpaired) electrons. The summed E-state index contributed by atoms with van der Waals surface area (Å²) < 4.78 is 5.06. The Morgan fingerprint density at radius 1 is 1.42 bits per heavy atom. The largest absolute Gasteiger partial charge is 0.495 e. The summed E-state index contributed by atoms with van der Waals surface area (Å²) in [5.41, 5.74) is 9.11. The zero-order valence-electron chi connectivity index (χ0n) is 10.9. The molecule has 0 spiro atoms. The van der Waals surface area contributed by atoms with Crippen molar-refractivity contribution in [1.29, 1.82) is 0 Å². The van der Waals surface area contributed by atoms with Gasteiger partial charge in [-0.1, -0.05) is 0 Å². The van der Waals surface area contributed by atoms with E-state index in [1.807, 2.05) is 12.3 Å². The monoisotopic (exact) mass is 276 g/mol. The maximum absolute atomic E-state index is 12.0. The van der Waals surface area contributed by atoms with Gasteiger partial charge in [-0.3, -0.25) is 4.79 Å². The van der Waals surface area contributed by atoms with Crippen LogP contribution in [-0.4, -0.2) is 13.0 Å². The number of thiophene rings is 1. The van der Waals surface area contributed by atoms with Crippen molar-refractivity contribution in [2.75, 3.05) is 12.8 Å². The minimum Gasteiger partial charge on any atom is -0.495 e. The van der Waals surface area contributed by atoms with Crippen LogP contribution >= 0.6 is 11.3 Å². The summed E-state index contributed by atoms with van der Waals surface area (Å²) in [5, 5.41) is 6.98. The Balaban J connectivity index is 2.04. The van der Waals surface area contributed by atoms with Crippen LogP contribution in [0.3, 0.4) is 0 Å². The summed E-state index contributed by atoms with van der Waals surface area (Å²) >= 11 is 1.63. The first-order chi connectivity index (χ1) is 9.11. The summed E-state index contributed by atoms with van der Waals surface area (Å²) in [6.45, 7) is 2.56. The fraction of sp³-hybridized carbons (Fsp3) is 0.214. The number of hydrogen-bond donors (Lipinski definition) is 2. The fourth-order valence-corrected chi connectivity index (χ4v) is 2.58. The molecule has 1 aromatic carbocycles. The van der Waals surface area contributed by atoms with Gasteiger partial charge in [-0.05, 0) is 47.0 Å². The number of hydrogen-bond acceptors (Lipinski definition) is 4. The molecule has 1 heterocycles. The molecule has 2 aromatic rings. The number of rotatable bonds is 4. The van der Waals surface area contributed by atoms with Gasteiger partial charge >= 0.3 is 0 Å². The second kappa shape index (κ2) is 5.75. The Morgan fingerprint density at radius 2 is 2.21 bits per heavy atom. The van der Waals surface area contributed by atoms with E-state index in [2.05, 4.69) is 10.7 Å². The van der Waals surface area contributed by atoms with E-state index < -0.39 is 0 Å². The maximum atomic E-state index is 12.0. The molecule has 1 aromatic heterocycles. The predicted octanol–water partition coefficient (Wildman–Crippen LogP) is 2.58. The topological polar surface area (TPSA) is 64.3 Å². The zero-order chi connectivity index (χ0) is 13.8. The molecule has 0 aliphatic carbocycles. The van der Waals surface area contributed by atoms with Gasteiger partial charge in [-0.15, -0.1) is 0 Å². The van der Waals surface area contributed by atoms with Gasteiger partial charge in [0.05, 0.1) is 12.8 Å². The van der Waals surface area contributed by atoms with Crippen LogP contribution in [0.2, 0.25) is 0 Å². The lowest BCUT2D eigenvalue weighted by molar-refractivity contribution is 0.0951. The van der Waals surface area contributed by atoms with Crippen LogP contribution in [0.5, 0.6) is 5.75 Å². The number of nitrogens with two attached hydrogens (primary N) is 1. The van der Waals surface area contributed by atoms with Gasteiger partial charge in [0.1, 0.15) is 5.75 Å². The Morgan fingerprint density at radius 3 is 2.79 bits per heavy atom. The van der Waals surface area contributed by atoms with E-state index >= 15 is 0 Å². The van der Waals surface area contributed by atoms with Crippen molar-refractivity contribution in [2.24, 2.45) is 0 Å². The molecular formula is C14H16N2O2S. The smallest absolute Gasteiger partial charge is 0.251 e. The molecule has 3 N–H and O–H groups in total. The number of ether oxygens (including phenoxy) is 1. The molecule has 19 heavy (non-hydrogen) atoms. The van der Waals surface area contributed by atoms with Crippen molar-refractivity contribution in [2.45, 2.75) is 13.5 Å². The SMILES string of the molecule is COc1ccc(C(=O)NCc2cscc2C)cc1N. The molecule has 0 aliphatic rings. The van der Waals surface area contributed by atoms with Crippen molar-refractivity contribution in [3.63, 3.8) is 0 Å². The second-order valence-corrected chi connectivity index (χ2v) is 4.96. The molecule has 0 unspecified atom stereocenters. The van der Waals surface area contributed by atoms with Crippen molar-refractivity contribution >= 4 is 22.9 Å². The van der Waals surface area contributed by atoms with Crippen molar-refractivity contribution in [3.8, 4) is 5.75 Å². The Kier molecular flexibility index (Phi) is 4.06. The molecule has 0 aliphatic heterocycles. The lowest BCUT2D eigenvalue weighted by atomic mass is 10.1. The van der Waals surface area contributed by atoms with Gasteiger partial charge in [0.2, 0.25) is 0 Å². The number of amides is 1. The first-order valence-electron chi connectivity index (χ1n) is 5.85. The number of aryl methyl sites for hydroxylation is 1. The van der Waals surface area contributed by atoms with E-state index in [-0.39, 0.29) is 5.91 Å². The first-order valence-corrected chi connectivity index (χ1v) is 6.79. The third-order valence-corrected chi connectivity index (χ3v) is 3.80. The van der Waals surface area contributed by atoms with Crippen LogP contribution < -0.4 is 15.8 Å². The van der Waals surface area contributed by atoms with Gasteiger partial charge in [-0.2, -0.15) is 11.3 Å². The number of nitrogens with one attached hydrogen (secondary N) is 1. The van der Waals surface area contributed by atoms with Crippen molar-refractivity contribution in [1.82, 2.24) is 5.32 Å². The molecule has 2 rings (SSSR count).